The number of ketones is 1. The minimum Gasteiger partial charge on any atom is -0.438 e. The summed E-state index contributed by atoms with van der Waals surface area (Å²) in [4.78, 5) is 29.3. The first-order valence-corrected chi connectivity index (χ1v) is 11.0. The second-order valence-corrected chi connectivity index (χ2v) is 9.34. The number of allylic oxidation sites excluding steroid dienone is 4. The number of nitrogens with zero attached hydrogens (tertiary/aromatic N) is 1. The largest absolute Gasteiger partial charge is 0.438 e. The van der Waals surface area contributed by atoms with Crippen molar-refractivity contribution in [2.24, 2.45) is 0 Å². The summed E-state index contributed by atoms with van der Waals surface area (Å²) in [6.07, 6.45) is 7.47. The lowest BCUT2D eigenvalue weighted by Crippen LogP contribution is -2.06. The lowest BCUT2D eigenvalue weighted by Gasteiger charge is -2.01. The summed E-state index contributed by atoms with van der Waals surface area (Å²) >= 11 is 12.0. The molecule has 0 aliphatic heterocycles. The maximum Gasteiger partial charge on any atom is 0.259 e. The number of carbonyl (C=O) groups is 1. The Labute approximate surface area is 192 Å². The molecule has 0 atom stereocenters. The number of aromatic nitrogens is 2. The Bertz CT molecular complexity index is 1150. The number of carbonyl (C=O) groups excluding carboxylic acids is 1. The van der Waals surface area contributed by atoms with Crippen LogP contribution >= 0.6 is 70.4 Å². The van der Waals surface area contributed by atoms with E-state index in [2.05, 4.69) is 57.8 Å². The fraction of sp³-hybridized carbons (Fsp3) is 0.0556. The van der Waals surface area contributed by atoms with Gasteiger partial charge in [0.15, 0.2) is 5.78 Å². The quantitative estimate of drug-likeness (QED) is 0.311. The Morgan fingerprint density at radius 3 is 2.59 bits per heavy atom. The van der Waals surface area contributed by atoms with Crippen molar-refractivity contribution in [1.82, 2.24) is 9.97 Å². The summed E-state index contributed by atoms with van der Waals surface area (Å²) in [5.41, 5.74) is 0.780. The van der Waals surface area contributed by atoms with Crippen molar-refractivity contribution in [3.8, 4) is 11.3 Å². The predicted octanol–water partition coefficient (Wildman–Crippen LogP) is 6.27. The van der Waals surface area contributed by atoms with E-state index in [0.717, 1.165) is 22.4 Å². The number of nitrogens with one attached hydrogen (secondary N) is 1. The van der Waals surface area contributed by atoms with E-state index in [4.69, 9.17) is 4.42 Å². The van der Waals surface area contributed by atoms with Gasteiger partial charge in [0.2, 0.25) is 5.71 Å². The average molecular weight is 669 g/mol. The molecule has 0 saturated carbocycles. The highest BCUT2D eigenvalue weighted by molar-refractivity contribution is 14.1. The highest BCUT2D eigenvalue weighted by atomic mass is 127. The Kier molecular flexibility index (Phi) is 6.88. The average Bonchev–Trinajstić information content (AvgIpc) is 3.04. The normalized spacial score (nSPS) is 13.7. The topological polar surface area (TPSA) is 76.0 Å². The second kappa shape index (κ2) is 8.97. The zero-order chi connectivity index (χ0) is 19.6. The van der Waals surface area contributed by atoms with Gasteiger partial charge in [-0.25, -0.2) is 4.98 Å². The van der Waals surface area contributed by atoms with E-state index in [1.165, 1.54) is 0 Å². The van der Waals surface area contributed by atoms with Crippen molar-refractivity contribution in [1.29, 1.82) is 0 Å². The summed E-state index contributed by atoms with van der Waals surface area (Å²) in [6, 6.07) is 5.40. The van der Waals surface area contributed by atoms with Crippen molar-refractivity contribution < 1.29 is 9.21 Å². The standard InChI is InChI=1S/C12H6Br2N2O2.C6H4BrIO/c13-7-1-6-2-10(18-12(6)16-5-7)9-3-8(14)4-15-11(9)17;7-4-1-2-6(9)5(8)3-4/h1-5H,(H,15,17);1,3H,2H2. The fourth-order valence-corrected chi connectivity index (χ4v) is 4.29. The molecule has 4 rings (SSSR count). The monoisotopic (exact) mass is 666 g/mol. The van der Waals surface area contributed by atoms with Crippen LogP contribution in [0.15, 0.2) is 69.0 Å². The van der Waals surface area contributed by atoms with E-state index in [-0.39, 0.29) is 11.3 Å². The third kappa shape index (κ3) is 5.27. The first-order valence-electron chi connectivity index (χ1n) is 7.53. The van der Waals surface area contributed by atoms with E-state index in [0.29, 0.717) is 23.5 Å². The number of hydrogen-bond donors (Lipinski definition) is 1. The Balaban J connectivity index is 0.000000197. The molecule has 3 heterocycles. The summed E-state index contributed by atoms with van der Waals surface area (Å²) in [6.45, 7) is 0. The molecule has 0 bridgehead atoms. The highest BCUT2D eigenvalue weighted by Gasteiger charge is 2.11. The fourth-order valence-electron chi connectivity index (χ4n) is 2.23. The van der Waals surface area contributed by atoms with Crippen molar-refractivity contribution in [3.63, 3.8) is 0 Å². The van der Waals surface area contributed by atoms with Crippen molar-refractivity contribution in [2.75, 3.05) is 0 Å². The Hall–Kier alpha value is -1.04. The SMILES string of the molecule is O=C1CC=C(Br)C=C1I.O=c1[nH]cc(Br)cc1-c1cc2cc(Br)cnc2o1. The maximum absolute atomic E-state index is 11.7. The zero-order valence-electron chi connectivity index (χ0n) is 13.4. The molecule has 0 fully saturated rings. The van der Waals surface area contributed by atoms with Gasteiger partial charge in [-0.1, -0.05) is 22.0 Å². The van der Waals surface area contributed by atoms with Gasteiger partial charge in [0, 0.05) is 37.6 Å². The lowest BCUT2D eigenvalue weighted by atomic mass is 10.2. The molecule has 0 saturated heterocycles. The van der Waals surface area contributed by atoms with Crippen LogP contribution in [0.1, 0.15) is 6.42 Å². The zero-order valence-corrected chi connectivity index (χ0v) is 20.3. The van der Waals surface area contributed by atoms with Crippen LogP contribution < -0.4 is 5.56 Å². The number of Topliss-reactive ketones (excluding diaryl/α,β-unsaturated/α-hetero) is 1. The van der Waals surface area contributed by atoms with Gasteiger partial charge < -0.3 is 9.40 Å². The van der Waals surface area contributed by atoms with Crippen LogP contribution in [0, 0.1) is 0 Å². The van der Waals surface area contributed by atoms with Gasteiger partial charge in [-0.15, -0.1) is 0 Å². The second-order valence-electron chi connectivity index (χ2n) is 5.43. The van der Waals surface area contributed by atoms with Gasteiger partial charge in [-0.3, -0.25) is 9.59 Å². The number of furan rings is 1. The smallest absolute Gasteiger partial charge is 0.259 e. The molecule has 0 radical (unpaired) electrons. The predicted molar refractivity (Wildman–Crippen MR) is 124 cm³/mol. The number of pyridine rings is 2. The van der Waals surface area contributed by atoms with Crippen molar-refractivity contribution in [2.45, 2.75) is 6.42 Å². The van der Waals surface area contributed by atoms with Crippen LogP contribution in [0.5, 0.6) is 0 Å². The minimum atomic E-state index is -0.198. The summed E-state index contributed by atoms with van der Waals surface area (Å²) < 4.78 is 9.04. The van der Waals surface area contributed by atoms with Crippen LogP contribution in [0.4, 0.5) is 0 Å². The molecule has 27 heavy (non-hydrogen) atoms. The molecule has 3 aromatic heterocycles. The van der Waals surface area contributed by atoms with Gasteiger partial charge in [0.25, 0.3) is 5.56 Å². The van der Waals surface area contributed by atoms with E-state index in [1.807, 2.05) is 40.8 Å². The van der Waals surface area contributed by atoms with Crippen molar-refractivity contribution in [3.05, 3.63) is 70.1 Å². The molecule has 0 aromatic carbocycles. The van der Waals surface area contributed by atoms with Crippen LogP contribution in [-0.4, -0.2) is 15.8 Å². The van der Waals surface area contributed by atoms with Gasteiger partial charge in [0.05, 0.1) is 9.14 Å². The lowest BCUT2D eigenvalue weighted by molar-refractivity contribution is -0.114. The molecule has 138 valence electrons. The summed E-state index contributed by atoms with van der Waals surface area (Å²) in [5.74, 6) is 0.706. The molecular formula is C18H10Br3IN2O3. The van der Waals surface area contributed by atoms with Gasteiger partial charge >= 0.3 is 0 Å². The van der Waals surface area contributed by atoms with Crippen LogP contribution in [0.2, 0.25) is 0 Å². The van der Waals surface area contributed by atoms with E-state index < -0.39 is 0 Å². The highest BCUT2D eigenvalue weighted by Crippen LogP contribution is 2.27. The first kappa shape index (κ1) is 20.7. The third-order valence-corrected chi connectivity index (χ3v) is 5.84. The molecule has 1 aliphatic carbocycles. The van der Waals surface area contributed by atoms with E-state index in [1.54, 1.807) is 24.5 Å². The Morgan fingerprint density at radius 1 is 1.11 bits per heavy atom. The number of halogens is 4. The molecule has 5 nitrogen and oxygen atoms in total. The molecular weight excluding hydrogens is 659 g/mol. The van der Waals surface area contributed by atoms with Crippen LogP contribution in [0.25, 0.3) is 22.4 Å². The summed E-state index contributed by atoms with van der Waals surface area (Å²) in [7, 11) is 0. The van der Waals surface area contributed by atoms with Crippen LogP contribution in [-0.2, 0) is 4.79 Å². The molecule has 1 aliphatic rings. The van der Waals surface area contributed by atoms with Gasteiger partial charge in [-0.2, -0.15) is 0 Å². The van der Waals surface area contributed by atoms with Gasteiger partial charge in [0.1, 0.15) is 5.76 Å². The molecule has 0 spiro atoms. The first-order chi connectivity index (χ1) is 12.8. The number of fused-ring (bicyclic) bond motifs is 1. The molecule has 0 amide bonds. The minimum absolute atomic E-state index is 0.198. The Morgan fingerprint density at radius 2 is 1.89 bits per heavy atom. The molecule has 1 N–H and O–H groups in total. The van der Waals surface area contributed by atoms with Crippen molar-refractivity contribution >= 4 is 87.3 Å². The van der Waals surface area contributed by atoms with Gasteiger partial charge in [-0.05, 0) is 78.7 Å². The number of hydrogen-bond acceptors (Lipinski definition) is 4. The van der Waals surface area contributed by atoms with E-state index in [9.17, 15) is 9.59 Å². The molecule has 3 aromatic rings. The van der Waals surface area contributed by atoms with E-state index >= 15 is 0 Å². The maximum atomic E-state index is 11.7. The number of rotatable bonds is 1. The summed E-state index contributed by atoms with van der Waals surface area (Å²) in [5, 5.41) is 0.846. The van der Waals surface area contributed by atoms with Crippen LogP contribution in [0.3, 0.4) is 0 Å². The molecule has 0 unspecified atom stereocenters. The number of aromatic amines is 1. The number of H-pyrrole nitrogens is 1. The third-order valence-electron chi connectivity index (χ3n) is 3.49. The molecule has 9 heteroatoms.